The van der Waals surface area contributed by atoms with E-state index in [1.807, 2.05) is 59.3 Å². The van der Waals surface area contributed by atoms with Crippen LogP contribution in [0.25, 0.3) is 28.4 Å². The van der Waals surface area contributed by atoms with Crippen LogP contribution in [0.15, 0.2) is 65.5 Å². The third-order valence-electron chi connectivity index (χ3n) is 3.31. The van der Waals surface area contributed by atoms with Crippen molar-refractivity contribution in [3.05, 3.63) is 61.1 Å². The van der Waals surface area contributed by atoms with Crippen LogP contribution in [0.5, 0.6) is 0 Å². The zero-order chi connectivity index (χ0) is 14.2. The summed E-state index contributed by atoms with van der Waals surface area (Å²) in [5.41, 5.74) is 9.25. The van der Waals surface area contributed by atoms with Crippen LogP contribution in [-0.2, 0) is 0 Å². The number of aromatic nitrogens is 3. The lowest BCUT2D eigenvalue weighted by Gasteiger charge is -2.00. The number of furan rings is 1. The van der Waals surface area contributed by atoms with Gasteiger partial charge in [0.25, 0.3) is 0 Å². The highest BCUT2D eigenvalue weighted by Gasteiger charge is 2.11. The highest BCUT2D eigenvalue weighted by molar-refractivity contribution is 5.70. The summed E-state index contributed by atoms with van der Waals surface area (Å²) in [6, 6.07) is 13.6. The Labute approximate surface area is 120 Å². The number of hydrogen-bond donors (Lipinski definition) is 1. The molecule has 0 fully saturated rings. The lowest BCUT2D eigenvalue weighted by Crippen LogP contribution is -1.98. The van der Waals surface area contributed by atoms with E-state index in [1.54, 1.807) is 6.26 Å². The zero-order valence-corrected chi connectivity index (χ0v) is 11.1. The molecule has 102 valence electrons. The van der Waals surface area contributed by atoms with Crippen LogP contribution < -0.4 is 5.73 Å². The first-order valence-electron chi connectivity index (χ1n) is 6.56. The van der Waals surface area contributed by atoms with Crippen LogP contribution in [0.3, 0.4) is 0 Å². The fourth-order valence-corrected chi connectivity index (χ4v) is 2.31. The number of rotatable bonds is 2. The topological polar surface area (TPSA) is 69.3 Å². The average molecular weight is 276 g/mol. The molecule has 0 aliphatic rings. The molecule has 0 radical (unpaired) electrons. The quantitative estimate of drug-likeness (QED) is 0.610. The second-order valence-corrected chi connectivity index (χ2v) is 4.71. The van der Waals surface area contributed by atoms with E-state index in [0.29, 0.717) is 22.9 Å². The summed E-state index contributed by atoms with van der Waals surface area (Å²) < 4.78 is 7.24. The molecular weight excluding hydrogens is 264 g/mol. The van der Waals surface area contributed by atoms with E-state index in [2.05, 4.69) is 9.97 Å². The number of nitrogens with zero attached hydrogens (tertiary/aromatic N) is 3. The Morgan fingerprint density at radius 1 is 0.905 bits per heavy atom. The Morgan fingerprint density at radius 3 is 2.48 bits per heavy atom. The number of nitrogen functional groups attached to an aromatic ring is 1. The van der Waals surface area contributed by atoms with Gasteiger partial charge in [0.05, 0.1) is 12.0 Å². The van der Waals surface area contributed by atoms with Crippen LogP contribution in [0.4, 0.5) is 5.82 Å². The highest BCUT2D eigenvalue weighted by atomic mass is 16.3. The molecule has 0 saturated heterocycles. The van der Waals surface area contributed by atoms with Gasteiger partial charge in [0.15, 0.2) is 17.2 Å². The van der Waals surface area contributed by atoms with Crippen molar-refractivity contribution in [3.63, 3.8) is 0 Å². The van der Waals surface area contributed by atoms with E-state index in [1.165, 1.54) is 0 Å². The molecule has 0 spiro atoms. The third-order valence-corrected chi connectivity index (χ3v) is 3.31. The number of nitrogens with two attached hydrogens (primary N) is 1. The molecule has 4 rings (SSSR count). The molecule has 2 N–H and O–H groups in total. The summed E-state index contributed by atoms with van der Waals surface area (Å²) in [6.07, 6.45) is 5.42. The Hall–Kier alpha value is -3.08. The third kappa shape index (κ3) is 1.95. The maximum atomic E-state index is 6.02. The molecule has 5 heteroatoms. The number of fused-ring (bicyclic) bond motifs is 1. The molecule has 5 nitrogen and oxygen atoms in total. The largest absolute Gasteiger partial charge is 0.463 e. The smallest absolute Gasteiger partial charge is 0.180 e. The molecule has 0 amide bonds. The van der Waals surface area contributed by atoms with Crippen molar-refractivity contribution >= 4 is 11.5 Å². The first kappa shape index (κ1) is 11.7. The van der Waals surface area contributed by atoms with E-state index in [4.69, 9.17) is 10.2 Å². The minimum absolute atomic E-state index is 0.381. The molecule has 0 aliphatic heterocycles. The van der Waals surface area contributed by atoms with Gasteiger partial charge in [-0.25, -0.2) is 9.97 Å². The molecule has 0 atom stereocenters. The second-order valence-electron chi connectivity index (χ2n) is 4.71. The van der Waals surface area contributed by atoms with Crippen molar-refractivity contribution in [2.75, 3.05) is 5.73 Å². The standard InChI is InChI=1S/C16H12N4O/c17-15-16-19-12(11-5-2-1-3-6-11)9-20(16)10-13(18-15)14-7-4-8-21-14/h1-10H,(H2,17,18). The van der Waals surface area contributed by atoms with Crippen molar-refractivity contribution < 1.29 is 4.42 Å². The van der Waals surface area contributed by atoms with Crippen molar-refractivity contribution in [2.45, 2.75) is 0 Å². The Kier molecular flexibility index (Phi) is 2.50. The molecule has 3 aromatic heterocycles. The van der Waals surface area contributed by atoms with E-state index in [-0.39, 0.29) is 0 Å². The van der Waals surface area contributed by atoms with E-state index < -0.39 is 0 Å². The Balaban J connectivity index is 1.90. The van der Waals surface area contributed by atoms with Crippen LogP contribution in [0, 0.1) is 0 Å². The summed E-state index contributed by atoms with van der Waals surface area (Å²) >= 11 is 0. The van der Waals surface area contributed by atoms with E-state index in [0.717, 1.165) is 11.3 Å². The molecule has 4 aromatic rings. The number of imidazole rings is 1. The second kappa shape index (κ2) is 4.49. The van der Waals surface area contributed by atoms with Gasteiger partial charge in [-0.3, -0.25) is 0 Å². The molecule has 21 heavy (non-hydrogen) atoms. The number of hydrogen-bond acceptors (Lipinski definition) is 4. The molecule has 0 bridgehead atoms. The monoisotopic (exact) mass is 276 g/mol. The minimum Gasteiger partial charge on any atom is -0.463 e. The predicted octanol–water partition coefficient (Wildman–Crippen LogP) is 3.24. The van der Waals surface area contributed by atoms with Gasteiger partial charge in [-0.05, 0) is 12.1 Å². The highest BCUT2D eigenvalue weighted by Crippen LogP contribution is 2.24. The predicted molar refractivity (Wildman–Crippen MR) is 80.5 cm³/mol. The first-order chi connectivity index (χ1) is 10.3. The van der Waals surface area contributed by atoms with Crippen LogP contribution in [0.2, 0.25) is 0 Å². The average Bonchev–Trinajstić information content (AvgIpc) is 3.17. The number of anilines is 1. The van der Waals surface area contributed by atoms with Crippen molar-refractivity contribution in [3.8, 4) is 22.7 Å². The molecule has 0 unspecified atom stereocenters. The molecule has 1 aromatic carbocycles. The fraction of sp³-hybridized carbons (Fsp3) is 0. The summed E-state index contributed by atoms with van der Waals surface area (Å²) in [7, 11) is 0. The van der Waals surface area contributed by atoms with Gasteiger partial charge in [-0.2, -0.15) is 0 Å². The lowest BCUT2D eigenvalue weighted by atomic mass is 10.2. The van der Waals surface area contributed by atoms with Crippen molar-refractivity contribution in [1.82, 2.24) is 14.4 Å². The van der Waals surface area contributed by atoms with Gasteiger partial charge in [-0.15, -0.1) is 0 Å². The maximum Gasteiger partial charge on any atom is 0.180 e. The van der Waals surface area contributed by atoms with Crippen LogP contribution in [-0.4, -0.2) is 14.4 Å². The van der Waals surface area contributed by atoms with Gasteiger partial charge in [-0.1, -0.05) is 30.3 Å². The summed E-state index contributed by atoms with van der Waals surface area (Å²) in [6.45, 7) is 0. The molecule has 0 aliphatic carbocycles. The van der Waals surface area contributed by atoms with Gasteiger partial charge in [0, 0.05) is 18.0 Å². The lowest BCUT2D eigenvalue weighted by molar-refractivity contribution is 0.579. The van der Waals surface area contributed by atoms with Crippen molar-refractivity contribution in [1.29, 1.82) is 0 Å². The van der Waals surface area contributed by atoms with Gasteiger partial charge < -0.3 is 14.6 Å². The SMILES string of the molecule is Nc1nc(-c2ccco2)cn2cc(-c3ccccc3)nc12. The molecule has 0 saturated carbocycles. The van der Waals surface area contributed by atoms with Crippen LogP contribution >= 0.6 is 0 Å². The number of benzene rings is 1. The normalized spacial score (nSPS) is 11.0. The molecular formula is C16H12N4O. The van der Waals surface area contributed by atoms with E-state index in [9.17, 15) is 0 Å². The van der Waals surface area contributed by atoms with Gasteiger partial charge >= 0.3 is 0 Å². The maximum absolute atomic E-state index is 6.02. The van der Waals surface area contributed by atoms with Crippen molar-refractivity contribution in [2.24, 2.45) is 0 Å². The summed E-state index contributed by atoms with van der Waals surface area (Å²) in [5, 5.41) is 0. The Morgan fingerprint density at radius 2 is 1.71 bits per heavy atom. The zero-order valence-electron chi connectivity index (χ0n) is 11.1. The molecule has 3 heterocycles. The Bertz CT molecular complexity index is 895. The van der Waals surface area contributed by atoms with Crippen LogP contribution in [0.1, 0.15) is 0 Å². The van der Waals surface area contributed by atoms with E-state index >= 15 is 0 Å². The van der Waals surface area contributed by atoms with Gasteiger partial charge in [0.2, 0.25) is 0 Å². The van der Waals surface area contributed by atoms with Gasteiger partial charge in [0.1, 0.15) is 5.69 Å². The summed E-state index contributed by atoms with van der Waals surface area (Å²) in [5.74, 6) is 1.06. The fourth-order valence-electron chi connectivity index (χ4n) is 2.31. The summed E-state index contributed by atoms with van der Waals surface area (Å²) in [4.78, 5) is 8.90. The minimum atomic E-state index is 0.381. The first-order valence-corrected chi connectivity index (χ1v) is 6.56.